The Morgan fingerprint density at radius 3 is 2.85 bits per heavy atom. The molecule has 1 aliphatic rings. The zero-order valence-electron chi connectivity index (χ0n) is 11.6. The van der Waals surface area contributed by atoms with Crippen molar-refractivity contribution in [1.29, 1.82) is 0 Å². The molecule has 1 nitrogen and oxygen atoms in total. The van der Waals surface area contributed by atoms with Crippen LogP contribution in [0.2, 0.25) is 0 Å². The van der Waals surface area contributed by atoms with E-state index in [1.54, 1.807) is 11.8 Å². The molecule has 0 fully saturated rings. The van der Waals surface area contributed by atoms with Gasteiger partial charge in [0.2, 0.25) is 0 Å². The van der Waals surface area contributed by atoms with Gasteiger partial charge in [0.05, 0.1) is 4.83 Å². The van der Waals surface area contributed by atoms with E-state index < -0.39 is 0 Å². The van der Waals surface area contributed by atoms with Gasteiger partial charge in [-0.05, 0) is 42.0 Å². The molecule has 2 aromatic rings. The van der Waals surface area contributed by atoms with Gasteiger partial charge < -0.3 is 4.74 Å². The van der Waals surface area contributed by atoms with Crippen LogP contribution in [-0.2, 0) is 6.42 Å². The summed E-state index contributed by atoms with van der Waals surface area (Å²) in [7, 11) is 0. The van der Waals surface area contributed by atoms with Crippen LogP contribution in [0, 0.1) is 0 Å². The maximum Gasteiger partial charge on any atom is 0.123 e. The Morgan fingerprint density at radius 2 is 2.05 bits per heavy atom. The minimum absolute atomic E-state index is 0.229. The molecule has 0 aliphatic carbocycles. The zero-order valence-corrected chi connectivity index (χ0v) is 14.0. The number of hydrogen-bond donors (Lipinski definition) is 0. The molecular formula is C17H17BrOS. The number of ether oxygens (including phenoxy) is 1. The predicted molar refractivity (Wildman–Crippen MR) is 89.2 cm³/mol. The molecular weight excluding hydrogens is 332 g/mol. The molecule has 3 rings (SSSR count). The van der Waals surface area contributed by atoms with E-state index in [-0.39, 0.29) is 4.83 Å². The summed E-state index contributed by atoms with van der Waals surface area (Å²) in [6.07, 6.45) is 3.43. The van der Waals surface area contributed by atoms with Crippen molar-refractivity contribution in [3.63, 3.8) is 0 Å². The molecule has 0 radical (unpaired) electrons. The molecule has 3 heteroatoms. The molecule has 0 N–H and O–H groups in total. The molecule has 0 saturated heterocycles. The lowest BCUT2D eigenvalue weighted by atomic mass is 10.0. The Labute approximate surface area is 132 Å². The highest BCUT2D eigenvalue weighted by Gasteiger charge is 2.21. The van der Waals surface area contributed by atoms with Gasteiger partial charge in [0, 0.05) is 11.3 Å². The summed E-state index contributed by atoms with van der Waals surface area (Å²) in [6.45, 7) is 2.12. The van der Waals surface area contributed by atoms with Crippen LogP contribution in [0.3, 0.4) is 0 Å². The van der Waals surface area contributed by atoms with E-state index in [4.69, 9.17) is 4.74 Å². The molecule has 0 spiro atoms. The number of fused-ring (bicyclic) bond motifs is 1. The molecule has 0 amide bonds. The second-order valence-electron chi connectivity index (χ2n) is 5.10. The number of alkyl halides is 1. The smallest absolute Gasteiger partial charge is 0.123 e. The van der Waals surface area contributed by atoms with E-state index in [9.17, 15) is 0 Å². The van der Waals surface area contributed by atoms with Crippen molar-refractivity contribution in [2.24, 2.45) is 0 Å². The van der Waals surface area contributed by atoms with Gasteiger partial charge in [-0.1, -0.05) is 46.3 Å². The maximum absolute atomic E-state index is 5.77. The van der Waals surface area contributed by atoms with E-state index in [1.807, 2.05) is 0 Å². The van der Waals surface area contributed by atoms with Crippen LogP contribution in [0.25, 0.3) is 0 Å². The summed E-state index contributed by atoms with van der Waals surface area (Å²) in [6, 6.07) is 15.1. The van der Waals surface area contributed by atoms with Crippen molar-refractivity contribution < 1.29 is 4.74 Å². The van der Waals surface area contributed by atoms with Crippen LogP contribution < -0.4 is 4.74 Å². The first-order valence-electron chi connectivity index (χ1n) is 6.75. The molecule has 2 aromatic carbocycles. The fraction of sp³-hybridized carbons (Fsp3) is 0.294. The topological polar surface area (TPSA) is 9.23 Å². The second-order valence-corrected chi connectivity index (χ2v) is 6.87. The van der Waals surface area contributed by atoms with Crippen molar-refractivity contribution in [3.05, 3.63) is 59.2 Å². The standard InChI is InChI=1S/C17H17BrOS/c1-11-9-13-10-12(7-8-15(13)19-11)17(18)14-5-3-4-6-16(14)20-2/h3-8,10-11,17H,9H2,1-2H3. The summed E-state index contributed by atoms with van der Waals surface area (Å²) in [5.74, 6) is 1.04. The molecule has 0 aromatic heterocycles. The molecule has 0 bridgehead atoms. The lowest BCUT2D eigenvalue weighted by Crippen LogP contribution is -2.05. The van der Waals surface area contributed by atoms with E-state index in [2.05, 4.69) is 71.6 Å². The van der Waals surface area contributed by atoms with Crippen molar-refractivity contribution in [2.75, 3.05) is 6.26 Å². The van der Waals surface area contributed by atoms with Crippen LogP contribution in [0.5, 0.6) is 5.75 Å². The maximum atomic E-state index is 5.77. The number of thioether (sulfide) groups is 1. The van der Waals surface area contributed by atoms with E-state index >= 15 is 0 Å². The fourth-order valence-electron chi connectivity index (χ4n) is 2.65. The third-order valence-electron chi connectivity index (χ3n) is 3.62. The number of benzene rings is 2. The van der Waals surface area contributed by atoms with Crippen LogP contribution in [0.15, 0.2) is 47.4 Å². The first-order chi connectivity index (χ1) is 9.69. The van der Waals surface area contributed by atoms with E-state index in [1.165, 1.54) is 21.6 Å². The van der Waals surface area contributed by atoms with Crippen LogP contribution in [0.1, 0.15) is 28.4 Å². The van der Waals surface area contributed by atoms with Crippen LogP contribution in [-0.4, -0.2) is 12.4 Å². The zero-order chi connectivity index (χ0) is 14.1. The van der Waals surface area contributed by atoms with E-state index in [0.29, 0.717) is 6.10 Å². The fourth-order valence-corrected chi connectivity index (χ4v) is 4.13. The number of halogens is 1. The van der Waals surface area contributed by atoms with Gasteiger partial charge >= 0.3 is 0 Å². The van der Waals surface area contributed by atoms with Gasteiger partial charge in [0.15, 0.2) is 0 Å². The monoisotopic (exact) mass is 348 g/mol. The highest BCUT2D eigenvalue weighted by molar-refractivity contribution is 9.09. The molecule has 0 saturated carbocycles. The number of hydrogen-bond acceptors (Lipinski definition) is 2. The first-order valence-corrected chi connectivity index (χ1v) is 8.89. The molecule has 1 aliphatic heterocycles. The minimum atomic E-state index is 0.229. The SMILES string of the molecule is CSc1ccccc1C(Br)c1ccc2c(c1)CC(C)O2. The molecule has 1 heterocycles. The van der Waals surface area contributed by atoms with Gasteiger partial charge in [-0.15, -0.1) is 11.8 Å². The summed E-state index contributed by atoms with van der Waals surface area (Å²) in [4.78, 5) is 1.55. The first kappa shape index (κ1) is 14.0. The van der Waals surface area contributed by atoms with Crippen LogP contribution >= 0.6 is 27.7 Å². The quantitative estimate of drug-likeness (QED) is 0.555. The van der Waals surface area contributed by atoms with Crippen LogP contribution in [0.4, 0.5) is 0 Å². The van der Waals surface area contributed by atoms with Crippen molar-refractivity contribution in [1.82, 2.24) is 0 Å². The minimum Gasteiger partial charge on any atom is -0.490 e. The van der Waals surface area contributed by atoms with Gasteiger partial charge in [-0.25, -0.2) is 0 Å². The Kier molecular flexibility index (Phi) is 4.08. The molecule has 20 heavy (non-hydrogen) atoms. The third kappa shape index (κ3) is 2.61. The Morgan fingerprint density at radius 1 is 1.25 bits per heavy atom. The van der Waals surface area contributed by atoms with Crippen molar-refractivity contribution in [3.8, 4) is 5.75 Å². The normalized spacial score (nSPS) is 18.4. The largest absolute Gasteiger partial charge is 0.490 e. The highest BCUT2D eigenvalue weighted by Crippen LogP contribution is 2.39. The number of rotatable bonds is 3. The average molecular weight is 349 g/mol. The average Bonchev–Trinajstić information content (AvgIpc) is 2.85. The van der Waals surface area contributed by atoms with Gasteiger partial charge in [-0.2, -0.15) is 0 Å². The summed E-state index contributed by atoms with van der Waals surface area (Å²) < 4.78 is 5.77. The van der Waals surface area contributed by atoms with Gasteiger partial charge in [-0.3, -0.25) is 0 Å². The Balaban J connectivity index is 1.95. The predicted octanol–water partition coefficient (Wildman–Crippen LogP) is 5.22. The molecule has 104 valence electrons. The lowest BCUT2D eigenvalue weighted by molar-refractivity contribution is 0.254. The third-order valence-corrected chi connectivity index (χ3v) is 5.46. The molecule has 2 unspecified atom stereocenters. The Hall–Kier alpha value is -0.930. The van der Waals surface area contributed by atoms with Gasteiger partial charge in [0.1, 0.15) is 11.9 Å². The Bertz CT molecular complexity index is 626. The highest BCUT2D eigenvalue weighted by atomic mass is 79.9. The van der Waals surface area contributed by atoms with Crippen molar-refractivity contribution >= 4 is 27.7 Å². The molecule has 2 atom stereocenters. The van der Waals surface area contributed by atoms with Gasteiger partial charge in [0.25, 0.3) is 0 Å². The summed E-state index contributed by atoms with van der Waals surface area (Å²) >= 11 is 5.64. The lowest BCUT2D eigenvalue weighted by Gasteiger charge is -2.15. The summed E-state index contributed by atoms with van der Waals surface area (Å²) in [5, 5.41) is 0. The van der Waals surface area contributed by atoms with Crippen molar-refractivity contribution in [2.45, 2.75) is 29.2 Å². The second kappa shape index (κ2) is 5.82. The summed E-state index contributed by atoms with van der Waals surface area (Å²) in [5.41, 5.74) is 3.94. The van der Waals surface area contributed by atoms with E-state index in [0.717, 1.165) is 12.2 Å².